The minimum absolute atomic E-state index is 0.0135. The molecule has 32 heavy (non-hydrogen) atoms. The van der Waals surface area contributed by atoms with Crippen molar-refractivity contribution in [1.29, 1.82) is 0 Å². The van der Waals surface area contributed by atoms with Crippen LogP contribution in [-0.4, -0.2) is 48.0 Å². The summed E-state index contributed by atoms with van der Waals surface area (Å²) in [7, 11) is 5.49. The summed E-state index contributed by atoms with van der Waals surface area (Å²) in [5.41, 5.74) is 3.10. The summed E-state index contributed by atoms with van der Waals surface area (Å²) >= 11 is 0. The summed E-state index contributed by atoms with van der Waals surface area (Å²) in [6.45, 7) is 7.04. The van der Waals surface area contributed by atoms with Crippen molar-refractivity contribution >= 4 is 22.7 Å². The van der Waals surface area contributed by atoms with Gasteiger partial charge in [0.15, 0.2) is 0 Å². The van der Waals surface area contributed by atoms with Crippen molar-refractivity contribution in [2.45, 2.75) is 78.2 Å². The number of methoxy groups -OCH3 is 1. The van der Waals surface area contributed by atoms with Crippen LogP contribution in [-0.2, 0) is 23.1 Å². The molecular formula is C26H41N3O3. The van der Waals surface area contributed by atoms with Gasteiger partial charge in [-0.3, -0.25) is 9.59 Å². The van der Waals surface area contributed by atoms with Crippen LogP contribution < -0.4 is 10.1 Å². The third-order valence-electron chi connectivity index (χ3n) is 6.37. The SMILES string of the molecule is CCCCCCC(NC(=O)Cc1c(C)n(C)c2ccc(OC)cc12)C(=O)N(C)CCCC. The van der Waals surface area contributed by atoms with Crippen molar-refractivity contribution < 1.29 is 14.3 Å². The lowest BCUT2D eigenvalue weighted by Crippen LogP contribution is -2.48. The number of hydrogen-bond donors (Lipinski definition) is 1. The molecule has 0 aliphatic heterocycles. The normalized spacial score (nSPS) is 12.1. The number of benzene rings is 1. The van der Waals surface area contributed by atoms with E-state index in [2.05, 4.69) is 23.7 Å². The number of amides is 2. The Morgan fingerprint density at radius 1 is 1.12 bits per heavy atom. The molecule has 6 heteroatoms. The molecule has 0 bridgehead atoms. The topological polar surface area (TPSA) is 63.6 Å². The Balaban J connectivity index is 2.18. The first-order chi connectivity index (χ1) is 15.3. The second-order valence-corrected chi connectivity index (χ2v) is 8.77. The van der Waals surface area contributed by atoms with Crippen LogP contribution in [0.3, 0.4) is 0 Å². The van der Waals surface area contributed by atoms with Crippen LogP contribution in [0.5, 0.6) is 5.75 Å². The molecule has 1 atom stereocenters. The number of unbranched alkanes of at least 4 members (excludes halogenated alkanes) is 4. The summed E-state index contributed by atoms with van der Waals surface area (Å²) in [6.07, 6.45) is 7.25. The molecule has 1 heterocycles. The fraction of sp³-hybridized carbons (Fsp3) is 0.615. The van der Waals surface area contributed by atoms with Crippen LogP contribution in [0.25, 0.3) is 10.9 Å². The van der Waals surface area contributed by atoms with Crippen molar-refractivity contribution in [1.82, 2.24) is 14.8 Å². The molecule has 178 valence electrons. The lowest BCUT2D eigenvalue weighted by atomic mass is 10.0. The Kier molecular flexibility index (Phi) is 10.1. The molecule has 0 aliphatic rings. The predicted molar refractivity (Wildman–Crippen MR) is 131 cm³/mol. The number of aromatic nitrogens is 1. The van der Waals surface area contributed by atoms with E-state index in [1.807, 2.05) is 39.2 Å². The molecule has 2 amide bonds. The second-order valence-electron chi connectivity index (χ2n) is 8.77. The monoisotopic (exact) mass is 443 g/mol. The standard InChI is InChI=1S/C26H41N3O3/c1-7-9-11-12-13-23(26(31)28(4)16-10-8-2)27-25(30)18-21-19(3)29(5)24-15-14-20(32-6)17-22(21)24/h14-15,17,23H,7-13,16,18H2,1-6H3,(H,27,30). The fourth-order valence-corrected chi connectivity index (χ4v) is 4.19. The van der Waals surface area contributed by atoms with E-state index in [-0.39, 0.29) is 18.2 Å². The third kappa shape index (κ3) is 6.50. The minimum atomic E-state index is -0.467. The summed E-state index contributed by atoms with van der Waals surface area (Å²) in [6, 6.07) is 5.47. The first-order valence-corrected chi connectivity index (χ1v) is 12.0. The quantitative estimate of drug-likeness (QED) is 0.454. The van der Waals surface area contributed by atoms with Crippen LogP contribution in [0.4, 0.5) is 0 Å². The molecular weight excluding hydrogens is 402 g/mol. The van der Waals surface area contributed by atoms with Crippen molar-refractivity contribution in [2.75, 3.05) is 20.7 Å². The largest absolute Gasteiger partial charge is 0.497 e. The molecule has 1 aromatic heterocycles. The van der Waals surface area contributed by atoms with Gasteiger partial charge in [0.1, 0.15) is 11.8 Å². The van der Waals surface area contributed by atoms with E-state index in [1.54, 1.807) is 12.0 Å². The first kappa shape index (κ1) is 25.8. The lowest BCUT2D eigenvalue weighted by molar-refractivity contribution is -0.135. The number of carbonyl (C=O) groups excluding carboxylic acids is 2. The maximum absolute atomic E-state index is 13.1. The number of fused-ring (bicyclic) bond motifs is 1. The molecule has 2 aromatic rings. The van der Waals surface area contributed by atoms with Crippen LogP contribution in [0, 0.1) is 6.92 Å². The van der Waals surface area contributed by atoms with Gasteiger partial charge in [-0.1, -0.05) is 46.0 Å². The van der Waals surface area contributed by atoms with Crippen LogP contribution in [0.2, 0.25) is 0 Å². The van der Waals surface area contributed by atoms with Gasteiger partial charge < -0.3 is 19.5 Å². The van der Waals surface area contributed by atoms with Gasteiger partial charge in [0.2, 0.25) is 11.8 Å². The van der Waals surface area contributed by atoms with Gasteiger partial charge in [-0.05, 0) is 43.5 Å². The Morgan fingerprint density at radius 3 is 2.50 bits per heavy atom. The number of rotatable bonds is 13. The van der Waals surface area contributed by atoms with E-state index in [9.17, 15) is 9.59 Å². The molecule has 0 aliphatic carbocycles. The third-order valence-corrected chi connectivity index (χ3v) is 6.37. The second kappa shape index (κ2) is 12.5. The molecule has 0 spiro atoms. The van der Waals surface area contributed by atoms with Crippen LogP contribution in [0.15, 0.2) is 18.2 Å². The van der Waals surface area contributed by atoms with Crippen molar-refractivity contribution in [3.8, 4) is 5.75 Å². The first-order valence-electron chi connectivity index (χ1n) is 12.0. The number of hydrogen-bond acceptors (Lipinski definition) is 3. The van der Waals surface area contributed by atoms with Gasteiger partial charge in [-0.2, -0.15) is 0 Å². The highest BCUT2D eigenvalue weighted by Gasteiger charge is 2.24. The van der Waals surface area contributed by atoms with Gasteiger partial charge in [0.05, 0.1) is 13.5 Å². The Morgan fingerprint density at radius 2 is 1.84 bits per heavy atom. The molecule has 1 unspecified atom stereocenters. The maximum Gasteiger partial charge on any atom is 0.244 e. The molecule has 0 fully saturated rings. The van der Waals surface area contributed by atoms with E-state index in [0.29, 0.717) is 6.42 Å². The molecule has 0 radical (unpaired) electrons. The van der Waals surface area contributed by atoms with E-state index >= 15 is 0 Å². The molecule has 0 saturated carbocycles. The Hall–Kier alpha value is -2.50. The Bertz CT molecular complexity index is 903. The summed E-state index contributed by atoms with van der Waals surface area (Å²) in [4.78, 5) is 27.9. The number of aryl methyl sites for hydroxylation is 1. The molecule has 0 saturated heterocycles. The highest BCUT2D eigenvalue weighted by Crippen LogP contribution is 2.29. The van der Waals surface area contributed by atoms with Crippen molar-refractivity contribution in [2.24, 2.45) is 7.05 Å². The number of ether oxygens (including phenoxy) is 1. The minimum Gasteiger partial charge on any atom is -0.497 e. The van der Waals surface area contributed by atoms with Gasteiger partial charge in [0, 0.05) is 37.2 Å². The van der Waals surface area contributed by atoms with Gasteiger partial charge in [-0.25, -0.2) is 0 Å². The number of likely N-dealkylation sites (N-methyl/N-ethyl adjacent to an activating group) is 1. The Labute approximate surface area is 193 Å². The number of nitrogens with zero attached hydrogens (tertiary/aromatic N) is 2. The molecule has 1 aromatic carbocycles. The zero-order valence-corrected chi connectivity index (χ0v) is 20.8. The number of carbonyl (C=O) groups is 2. The highest BCUT2D eigenvalue weighted by molar-refractivity contribution is 5.93. The van der Waals surface area contributed by atoms with Crippen molar-refractivity contribution in [3.63, 3.8) is 0 Å². The van der Waals surface area contributed by atoms with Crippen LogP contribution in [0.1, 0.15) is 70.1 Å². The molecule has 1 N–H and O–H groups in total. The zero-order valence-electron chi connectivity index (χ0n) is 20.8. The highest BCUT2D eigenvalue weighted by atomic mass is 16.5. The van der Waals surface area contributed by atoms with E-state index < -0.39 is 6.04 Å². The van der Waals surface area contributed by atoms with E-state index in [1.165, 1.54) is 0 Å². The van der Waals surface area contributed by atoms with E-state index in [0.717, 1.165) is 73.0 Å². The van der Waals surface area contributed by atoms with Crippen molar-refractivity contribution in [3.05, 3.63) is 29.5 Å². The fourth-order valence-electron chi connectivity index (χ4n) is 4.19. The van der Waals surface area contributed by atoms with Gasteiger partial charge in [0.25, 0.3) is 0 Å². The number of nitrogens with one attached hydrogen (secondary N) is 1. The lowest BCUT2D eigenvalue weighted by Gasteiger charge is -2.25. The van der Waals surface area contributed by atoms with Gasteiger partial charge >= 0.3 is 0 Å². The molecule has 2 rings (SSSR count). The zero-order chi connectivity index (χ0) is 23.7. The molecule has 6 nitrogen and oxygen atoms in total. The van der Waals surface area contributed by atoms with Crippen LogP contribution >= 0.6 is 0 Å². The summed E-state index contributed by atoms with van der Waals surface area (Å²) in [5.74, 6) is 0.673. The van der Waals surface area contributed by atoms with E-state index in [4.69, 9.17) is 4.74 Å². The average molecular weight is 444 g/mol. The maximum atomic E-state index is 13.1. The predicted octanol–water partition coefficient (Wildman–Crippen LogP) is 4.75. The smallest absolute Gasteiger partial charge is 0.244 e. The average Bonchev–Trinajstić information content (AvgIpc) is 3.03. The van der Waals surface area contributed by atoms with Gasteiger partial charge in [-0.15, -0.1) is 0 Å². The summed E-state index contributed by atoms with van der Waals surface area (Å²) in [5, 5.41) is 4.08. The summed E-state index contributed by atoms with van der Waals surface area (Å²) < 4.78 is 7.49.